The topological polar surface area (TPSA) is 380 Å². The van der Waals surface area contributed by atoms with Crippen molar-refractivity contribution in [1.29, 1.82) is 0 Å². The van der Waals surface area contributed by atoms with Crippen LogP contribution in [0.3, 0.4) is 0 Å². The van der Waals surface area contributed by atoms with Crippen molar-refractivity contribution in [3.05, 3.63) is 35.9 Å². The average molecular weight is 999 g/mol. The summed E-state index contributed by atoms with van der Waals surface area (Å²) in [5.41, 5.74) is 11.6. The zero-order valence-corrected chi connectivity index (χ0v) is 41.1. The monoisotopic (exact) mass is 998 g/mol. The number of carboxylic acids is 1. The van der Waals surface area contributed by atoms with Crippen LogP contribution in [-0.2, 0) is 54.4 Å². The summed E-state index contributed by atoms with van der Waals surface area (Å²) < 4.78 is 0. The van der Waals surface area contributed by atoms with Crippen molar-refractivity contribution < 1.29 is 63.3 Å². The number of thioether (sulfide) groups is 2. The molecule has 382 valence electrons. The van der Waals surface area contributed by atoms with Crippen LogP contribution in [0.4, 0.5) is 0 Å². The highest BCUT2D eigenvalue weighted by atomic mass is 32.2. The molecule has 1 aromatic carbocycles. The van der Waals surface area contributed by atoms with Crippen molar-refractivity contribution in [1.82, 2.24) is 42.5 Å². The summed E-state index contributed by atoms with van der Waals surface area (Å²) in [7, 11) is 0. The summed E-state index contributed by atoms with van der Waals surface area (Å²) >= 11 is 2.74. The molecule has 0 fully saturated rings. The van der Waals surface area contributed by atoms with Crippen LogP contribution in [0.2, 0.25) is 0 Å². The van der Waals surface area contributed by atoms with E-state index in [1.165, 1.54) is 37.4 Å². The van der Waals surface area contributed by atoms with Gasteiger partial charge in [0.25, 0.3) is 0 Å². The molecule has 0 spiro atoms. The number of aliphatic hydroxyl groups is 2. The number of hydrogen-bond acceptors (Lipinski definition) is 15. The molecule has 0 saturated heterocycles. The maximum absolute atomic E-state index is 14.0. The first kappa shape index (κ1) is 60.5. The largest absolute Gasteiger partial charge is 0.480 e. The number of aliphatic carboxylic acids is 1. The number of carboxylic acid groups (broad SMARTS) is 1. The number of benzene rings is 1. The number of carbonyl (C=O) groups excluding carboxylic acids is 9. The van der Waals surface area contributed by atoms with Gasteiger partial charge in [-0.2, -0.15) is 23.5 Å². The molecule has 1 aromatic rings. The molecule has 15 N–H and O–H groups in total. The average Bonchev–Trinajstić information content (AvgIpc) is 3.27. The molecule has 0 heterocycles. The van der Waals surface area contributed by atoms with Crippen molar-refractivity contribution >= 4 is 82.7 Å². The van der Waals surface area contributed by atoms with E-state index in [1.54, 1.807) is 56.7 Å². The van der Waals surface area contributed by atoms with Crippen LogP contribution >= 0.6 is 23.5 Å². The third kappa shape index (κ3) is 22.1. The Kier molecular flexibility index (Phi) is 28.1. The van der Waals surface area contributed by atoms with E-state index in [-0.39, 0.29) is 31.6 Å². The molecule has 0 aliphatic heterocycles. The summed E-state index contributed by atoms with van der Waals surface area (Å²) in [6.07, 6.45) is 1.33. The maximum atomic E-state index is 14.0. The lowest BCUT2D eigenvalue weighted by atomic mass is 10.0. The Hall–Kier alpha value is -5.50. The van der Waals surface area contributed by atoms with Gasteiger partial charge in [0.15, 0.2) is 0 Å². The second kappa shape index (κ2) is 31.5. The first-order valence-corrected chi connectivity index (χ1v) is 24.7. The first-order valence-electron chi connectivity index (χ1n) is 21.9. The summed E-state index contributed by atoms with van der Waals surface area (Å²) in [5, 5.41) is 49.4. The molecule has 68 heavy (non-hydrogen) atoms. The highest BCUT2D eigenvalue weighted by Gasteiger charge is 2.36. The predicted octanol–water partition coefficient (Wildman–Crippen LogP) is -3.39. The Morgan fingerprint density at radius 2 is 1.03 bits per heavy atom. The number of nitrogens with two attached hydrogens (primary N) is 2. The minimum absolute atomic E-state index is 0.0192. The van der Waals surface area contributed by atoms with Crippen LogP contribution in [0.1, 0.15) is 65.9 Å². The molecular weight excluding hydrogens is 929 g/mol. The van der Waals surface area contributed by atoms with E-state index in [0.29, 0.717) is 17.1 Å². The SMILES string of the molecule is CSCC[C@H](NC(=O)CN)C(=O)N[C@@H](Cc1ccccc1)C(=O)N[C@@H](CC(N)=O)C(=O)N[C@@H](CCSC)C(=O)N[C@@H](CC(C)C)C(=O)N[C@@H](CO)C(=O)N[C@H](C(=O)N[C@H](C(=O)O)C(C)C)[C@@H](C)O. The number of carbonyl (C=O) groups is 10. The predicted molar refractivity (Wildman–Crippen MR) is 255 cm³/mol. The van der Waals surface area contributed by atoms with Crippen molar-refractivity contribution in [3.63, 3.8) is 0 Å². The van der Waals surface area contributed by atoms with Gasteiger partial charge >= 0.3 is 5.97 Å². The van der Waals surface area contributed by atoms with E-state index < -0.39 is 139 Å². The molecule has 23 nitrogen and oxygen atoms in total. The highest BCUT2D eigenvalue weighted by Crippen LogP contribution is 2.11. The fourth-order valence-electron chi connectivity index (χ4n) is 6.41. The molecule has 0 aliphatic rings. The van der Waals surface area contributed by atoms with Crippen LogP contribution in [0.25, 0.3) is 0 Å². The molecule has 9 amide bonds. The minimum atomic E-state index is -1.73. The molecule has 25 heteroatoms. The van der Waals surface area contributed by atoms with Gasteiger partial charge in [0.2, 0.25) is 53.2 Å². The lowest BCUT2D eigenvalue weighted by Crippen LogP contribution is -2.62. The maximum Gasteiger partial charge on any atom is 0.326 e. The number of amides is 9. The first-order chi connectivity index (χ1) is 32.0. The van der Waals surface area contributed by atoms with E-state index in [0.717, 1.165) is 6.92 Å². The zero-order valence-electron chi connectivity index (χ0n) is 39.5. The Morgan fingerprint density at radius 3 is 1.50 bits per heavy atom. The van der Waals surface area contributed by atoms with Gasteiger partial charge in [-0.05, 0) is 67.6 Å². The van der Waals surface area contributed by atoms with Crippen LogP contribution < -0.4 is 54.0 Å². The van der Waals surface area contributed by atoms with E-state index in [9.17, 15) is 63.3 Å². The summed E-state index contributed by atoms with van der Waals surface area (Å²) in [6, 6.07) is -3.08. The second-order valence-corrected chi connectivity index (χ2v) is 18.6. The Labute approximate surface area is 404 Å². The van der Waals surface area contributed by atoms with Gasteiger partial charge in [-0.3, -0.25) is 43.2 Å². The van der Waals surface area contributed by atoms with Crippen LogP contribution in [0.15, 0.2) is 30.3 Å². The lowest BCUT2D eigenvalue weighted by Gasteiger charge is -2.28. The van der Waals surface area contributed by atoms with Gasteiger partial charge in [0.05, 0.1) is 25.7 Å². The molecule has 0 unspecified atom stereocenters. The molecule has 0 saturated carbocycles. The molecule has 1 rings (SSSR count). The number of rotatable bonds is 32. The minimum Gasteiger partial charge on any atom is -0.480 e. The molecule has 0 radical (unpaired) electrons. The van der Waals surface area contributed by atoms with Crippen molar-refractivity contribution in [2.24, 2.45) is 23.3 Å². The highest BCUT2D eigenvalue weighted by molar-refractivity contribution is 7.98. The van der Waals surface area contributed by atoms with Gasteiger partial charge < -0.3 is 69.3 Å². The number of nitrogens with one attached hydrogen (secondary N) is 8. The smallest absolute Gasteiger partial charge is 0.326 e. The quantitative estimate of drug-likeness (QED) is 0.0335. The van der Waals surface area contributed by atoms with E-state index in [1.807, 2.05) is 0 Å². The molecule has 0 bridgehead atoms. The van der Waals surface area contributed by atoms with Crippen LogP contribution in [-0.4, -0.2) is 166 Å². The standard InChI is InChI=1S/C43H70N10O13S2/c1-22(2)17-28(38(60)51-31(21-54)41(63)53-35(24(5)55)42(64)52-34(23(3)4)43(65)66)48-37(59)27(14-16-68-7)47-40(62)30(19-32(45)56)50-39(61)29(18-25-11-9-8-10-12-25)49-36(58)26(13-15-67-6)46-33(57)20-44/h8-12,22-24,26-31,34-35,54-55H,13-21,44H2,1-7H3,(H2,45,56)(H,46,57)(H,47,62)(H,48,59)(H,49,58)(H,50,61)(H,51,60)(H,52,64)(H,53,63)(H,65,66)/t24-,26+,27+,28+,29+,30+,31+,34+,35+/m1/s1. The number of aliphatic hydroxyl groups excluding tert-OH is 2. The summed E-state index contributed by atoms with van der Waals surface area (Å²) in [5.74, 6) is -9.65. The van der Waals surface area contributed by atoms with E-state index >= 15 is 0 Å². The third-order valence-corrected chi connectivity index (χ3v) is 11.4. The number of hydrogen-bond donors (Lipinski definition) is 13. The molecule has 0 aromatic heterocycles. The Morgan fingerprint density at radius 1 is 0.588 bits per heavy atom. The van der Waals surface area contributed by atoms with Crippen molar-refractivity contribution in [3.8, 4) is 0 Å². The van der Waals surface area contributed by atoms with Crippen LogP contribution in [0.5, 0.6) is 0 Å². The lowest BCUT2D eigenvalue weighted by molar-refractivity contribution is -0.144. The molecule has 0 aliphatic carbocycles. The van der Waals surface area contributed by atoms with E-state index in [4.69, 9.17) is 11.5 Å². The van der Waals surface area contributed by atoms with Crippen molar-refractivity contribution in [2.45, 2.75) is 121 Å². The van der Waals surface area contributed by atoms with Gasteiger partial charge in [0, 0.05) is 6.42 Å². The normalized spacial score (nSPS) is 15.1. The Bertz CT molecular complexity index is 1860. The Balaban J connectivity index is 3.40. The summed E-state index contributed by atoms with van der Waals surface area (Å²) in [4.78, 5) is 132. The van der Waals surface area contributed by atoms with Crippen LogP contribution in [0, 0.1) is 11.8 Å². The fourth-order valence-corrected chi connectivity index (χ4v) is 7.35. The molecule has 9 atom stereocenters. The van der Waals surface area contributed by atoms with Gasteiger partial charge in [-0.15, -0.1) is 0 Å². The van der Waals surface area contributed by atoms with Crippen molar-refractivity contribution in [2.75, 3.05) is 37.2 Å². The van der Waals surface area contributed by atoms with Gasteiger partial charge in [0.1, 0.15) is 48.3 Å². The second-order valence-electron chi connectivity index (χ2n) is 16.7. The molecular formula is C43H70N10O13S2. The zero-order chi connectivity index (χ0) is 51.7. The summed E-state index contributed by atoms with van der Waals surface area (Å²) in [6.45, 7) is 6.30. The fraction of sp³-hybridized carbons (Fsp3) is 0.628. The van der Waals surface area contributed by atoms with E-state index in [2.05, 4.69) is 42.5 Å². The third-order valence-electron chi connectivity index (χ3n) is 10.1. The van der Waals surface area contributed by atoms with Gasteiger partial charge in [-0.25, -0.2) is 4.79 Å². The number of primary amides is 1. The van der Waals surface area contributed by atoms with Gasteiger partial charge in [-0.1, -0.05) is 58.0 Å².